The summed E-state index contributed by atoms with van der Waals surface area (Å²) >= 11 is 0. The minimum Gasteiger partial charge on any atom is -0.379 e. The van der Waals surface area contributed by atoms with Gasteiger partial charge in [0.25, 0.3) is 0 Å². The normalized spacial score (nSPS) is 11.5. The number of hydrogen-bond acceptors (Lipinski definition) is 3. The van der Waals surface area contributed by atoms with E-state index in [-0.39, 0.29) is 0 Å². The Hall–Kier alpha value is -0.870. The molecular formula is C16H31N3O. The molecule has 1 rings (SSSR count). The van der Waals surface area contributed by atoms with Gasteiger partial charge in [-0.3, -0.25) is 4.68 Å². The summed E-state index contributed by atoms with van der Waals surface area (Å²) in [5, 5.41) is 8.08. The number of nitrogens with one attached hydrogen (secondary N) is 1. The van der Waals surface area contributed by atoms with Gasteiger partial charge in [-0.05, 0) is 51.3 Å². The lowest BCUT2D eigenvalue weighted by Gasteiger charge is -2.08. The fraction of sp³-hybridized carbons (Fsp3) is 0.812. The molecule has 20 heavy (non-hydrogen) atoms. The molecule has 116 valence electrons. The molecule has 0 amide bonds. The fourth-order valence-corrected chi connectivity index (χ4v) is 2.30. The molecule has 0 aromatic carbocycles. The van der Waals surface area contributed by atoms with Gasteiger partial charge in [-0.1, -0.05) is 20.8 Å². The molecule has 0 spiro atoms. The number of aromatic nitrogens is 2. The van der Waals surface area contributed by atoms with Gasteiger partial charge >= 0.3 is 0 Å². The van der Waals surface area contributed by atoms with Crippen molar-refractivity contribution < 1.29 is 4.74 Å². The van der Waals surface area contributed by atoms with Crippen LogP contribution in [0.1, 0.15) is 44.1 Å². The van der Waals surface area contributed by atoms with Crippen LogP contribution in [0.4, 0.5) is 0 Å². The van der Waals surface area contributed by atoms with E-state index >= 15 is 0 Å². The molecule has 0 atom stereocenters. The maximum absolute atomic E-state index is 5.64. The monoisotopic (exact) mass is 281 g/mol. The van der Waals surface area contributed by atoms with E-state index < -0.39 is 0 Å². The maximum atomic E-state index is 5.64. The minimum absolute atomic E-state index is 0.593. The molecule has 0 aliphatic rings. The molecule has 1 aromatic heterocycles. The molecule has 0 aliphatic heterocycles. The lowest BCUT2D eigenvalue weighted by Crippen LogP contribution is -2.18. The molecule has 0 fully saturated rings. The highest BCUT2D eigenvalue weighted by Gasteiger charge is 2.10. The molecule has 0 unspecified atom stereocenters. The number of rotatable bonds is 10. The van der Waals surface area contributed by atoms with E-state index in [4.69, 9.17) is 4.74 Å². The topological polar surface area (TPSA) is 39.1 Å². The molecule has 1 aromatic rings. The van der Waals surface area contributed by atoms with Crippen molar-refractivity contribution in [1.82, 2.24) is 15.1 Å². The quantitative estimate of drug-likeness (QED) is 0.670. The Kier molecular flexibility index (Phi) is 7.85. The molecule has 0 saturated carbocycles. The average Bonchev–Trinajstić information content (AvgIpc) is 2.66. The highest BCUT2D eigenvalue weighted by molar-refractivity contribution is 5.24. The highest BCUT2D eigenvalue weighted by atomic mass is 16.5. The van der Waals surface area contributed by atoms with Gasteiger partial charge < -0.3 is 10.1 Å². The summed E-state index contributed by atoms with van der Waals surface area (Å²) in [6.07, 6.45) is 2.24. The first-order chi connectivity index (χ1) is 9.56. The predicted octanol–water partition coefficient (Wildman–Crippen LogP) is 2.71. The molecule has 4 heteroatoms. The molecule has 1 N–H and O–H groups in total. The zero-order valence-electron chi connectivity index (χ0n) is 13.8. The zero-order chi connectivity index (χ0) is 15.0. The summed E-state index contributed by atoms with van der Waals surface area (Å²) in [4.78, 5) is 0. The second-order valence-corrected chi connectivity index (χ2v) is 5.84. The summed E-state index contributed by atoms with van der Waals surface area (Å²) in [5.74, 6) is 0.593. The first-order valence-electron chi connectivity index (χ1n) is 7.87. The van der Waals surface area contributed by atoms with Crippen LogP contribution in [0.5, 0.6) is 0 Å². The van der Waals surface area contributed by atoms with E-state index in [1.807, 2.05) is 0 Å². The van der Waals surface area contributed by atoms with E-state index in [0.29, 0.717) is 5.92 Å². The van der Waals surface area contributed by atoms with Crippen molar-refractivity contribution in [1.29, 1.82) is 0 Å². The third kappa shape index (κ3) is 5.63. The number of nitrogens with zero attached hydrogens (tertiary/aromatic N) is 2. The summed E-state index contributed by atoms with van der Waals surface area (Å²) in [6, 6.07) is 0. The van der Waals surface area contributed by atoms with Gasteiger partial charge in [0.2, 0.25) is 0 Å². The third-order valence-electron chi connectivity index (χ3n) is 3.41. The van der Waals surface area contributed by atoms with Crippen molar-refractivity contribution >= 4 is 0 Å². The van der Waals surface area contributed by atoms with E-state index in [1.165, 1.54) is 17.7 Å². The van der Waals surface area contributed by atoms with E-state index in [2.05, 4.69) is 49.7 Å². The standard InChI is InChI=1S/C16H31N3O/c1-6-8-17-9-7-16-14(4)18-19(15(16)5)10-11-20-12-13(2)3/h13,17H,6-12H2,1-5H3. The number of hydrogen-bond donors (Lipinski definition) is 1. The third-order valence-corrected chi connectivity index (χ3v) is 3.41. The van der Waals surface area contributed by atoms with Crippen LogP contribution in [0.15, 0.2) is 0 Å². The lowest BCUT2D eigenvalue weighted by atomic mass is 10.1. The lowest BCUT2D eigenvalue weighted by molar-refractivity contribution is 0.100. The van der Waals surface area contributed by atoms with E-state index in [9.17, 15) is 0 Å². The Balaban J connectivity index is 2.44. The molecule has 0 aliphatic carbocycles. The Morgan fingerprint density at radius 3 is 2.65 bits per heavy atom. The van der Waals surface area contributed by atoms with Gasteiger partial charge in [-0.15, -0.1) is 0 Å². The van der Waals surface area contributed by atoms with Crippen LogP contribution in [0.3, 0.4) is 0 Å². The van der Waals surface area contributed by atoms with Gasteiger partial charge in [0.1, 0.15) is 0 Å². The Labute approximate surface area is 123 Å². The van der Waals surface area contributed by atoms with E-state index in [0.717, 1.165) is 45.0 Å². The molecule has 0 bridgehead atoms. The first-order valence-corrected chi connectivity index (χ1v) is 7.87. The summed E-state index contributed by atoms with van der Waals surface area (Å²) in [7, 11) is 0. The van der Waals surface area contributed by atoms with Crippen molar-refractivity contribution in [2.45, 2.75) is 54.0 Å². The van der Waals surface area contributed by atoms with Crippen molar-refractivity contribution in [3.8, 4) is 0 Å². The highest BCUT2D eigenvalue weighted by Crippen LogP contribution is 2.13. The molecule has 1 heterocycles. The van der Waals surface area contributed by atoms with Crippen LogP contribution < -0.4 is 5.32 Å². The Bertz CT molecular complexity index is 385. The van der Waals surface area contributed by atoms with Gasteiger partial charge in [-0.2, -0.15) is 5.10 Å². The van der Waals surface area contributed by atoms with Gasteiger partial charge in [0.05, 0.1) is 18.8 Å². The molecule has 4 nitrogen and oxygen atoms in total. The minimum atomic E-state index is 0.593. The van der Waals surface area contributed by atoms with Crippen LogP contribution in [0.2, 0.25) is 0 Å². The molecule has 0 radical (unpaired) electrons. The van der Waals surface area contributed by atoms with Gasteiger partial charge in [-0.25, -0.2) is 0 Å². The Morgan fingerprint density at radius 2 is 2.00 bits per heavy atom. The second kappa shape index (κ2) is 9.14. The first kappa shape index (κ1) is 17.2. The molecular weight excluding hydrogens is 250 g/mol. The summed E-state index contributed by atoms with van der Waals surface area (Å²) in [6.45, 7) is 15.3. The second-order valence-electron chi connectivity index (χ2n) is 5.84. The average molecular weight is 281 g/mol. The largest absolute Gasteiger partial charge is 0.379 e. The van der Waals surface area contributed by atoms with Crippen molar-refractivity contribution in [2.75, 3.05) is 26.3 Å². The smallest absolute Gasteiger partial charge is 0.0662 e. The predicted molar refractivity (Wildman–Crippen MR) is 84.2 cm³/mol. The van der Waals surface area contributed by atoms with Gasteiger partial charge in [0.15, 0.2) is 0 Å². The van der Waals surface area contributed by atoms with Crippen LogP contribution in [-0.4, -0.2) is 36.1 Å². The fourth-order valence-electron chi connectivity index (χ4n) is 2.30. The summed E-state index contributed by atoms with van der Waals surface area (Å²) in [5.41, 5.74) is 3.83. The van der Waals surface area contributed by atoms with Crippen molar-refractivity contribution in [3.05, 3.63) is 17.0 Å². The zero-order valence-corrected chi connectivity index (χ0v) is 13.8. The van der Waals surface area contributed by atoms with Crippen LogP contribution in [-0.2, 0) is 17.7 Å². The molecule has 0 saturated heterocycles. The maximum Gasteiger partial charge on any atom is 0.0662 e. The number of aryl methyl sites for hydroxylation is 1. The van der Waals surface area contributed by atoms with E-state index in [1.54, 1.807) is 0 Å². The van der Waals surface area contributed by atoms with Crippen LogP contribution in [0, 0.1) is 19.8 Å². The van der Waals surface area contributed by atoms with Crippen LogP contribution >= 0.6 is 0 Å². The van der Waals surface area contributed by atoms with Crippen molar-refractivity contribution in [2.24, 2.45) is 5.92 Å². The SMILES string of the molecule is CCCNCCc1c(C)nn(CCOCC(C)C)c1C. The number of ether oxygens (including phenoxy) is 1. The van der Waals surface area contributed by atoms with Crippen LogP contribution in [0.25, 0.3) is 0 Å². The van der Waals surface area contributed by atoms with Crippen molar-refractivity contribution in [3.63, 3.8) is 0 Å². The Morgan fingerprint density at radius 1 is 1.25 bits per heavy atom. The summed E-state index contributed by atoms with van der Waals surface area (Å²) < 4.78 is 7.73. The van der Waals surface area contributed by atoms with Gasteiger partial charge in [0, 0.05) is 12.3 Å².